The number of nitrogens with two attached hydrogens (primary N) is 1. The third-order valence-electron chi connectivity index (χ3n) is 5.13. The number of carbonyl (C=O) groups is 2. The van der Waals surface area contributed by atoms with Crippen molar-refractivity contribution in [3.05, 3.63) is 30.1 Å². The molecule has 0 aliphatic carbocycles. The summed E-state index contributed by atoms with van der Waals surface area (Å²) in [7, 11) is 1.98. The van der Waals surface area contributed by atoms with Gasteiger partial charge in [0.2, 0.25) is 11.8 Å². The maximum absolute atomic E-state index is 12.7. The molecule has 140 valence electrons. The highest BCUT2D eigenvalue weighted by molar-refractivity contribution is 5.87. The first-order valence-corrected chi connectivity index (χ1v) is 9.14. The minimum atomic E-state index is -0.600. The average molecular weight is 357 g/mol. The van der Waals surface area contributed by atoms with Crippen molar-refractivity contribution in [3.63, 3.8) is 0 Å². The van der Waals surface area contributed by atoms with Gasteiger partial charge in [0, 0.05) is 13.6 Å². The number of para-hydroxylation sites is 2. The lowest BCUT2D eigenvalue weighted by Crippen LogP contribution is -2.47. The first-order valence-electron chi connectivity index (χ1n) is 9.14. The topological polar surface area (TPSA) is 93.2 Å². The largest absolute Gasteiger partial charge is 0.346 e. The molecule has 1 aromatic heterocycles. The summed E-state index contributed by atoms with van der Waals surface area (Å²) < 4.78 is 2.05. The summed E-state index contributed by atoms with van der Waals surface area (Å²) in [6.45, 7) is 4.42. The van der Waals surface area contributed by atoms with Crippen LogP contribution in [0, 0.1) is 5.92 Å². The molecule has 0 saturated carbocycles. The summed E-state index contributed by atoms with van der Waals surface area (Å²) in [6, 6.07) is 7.30. The van der Waals surface area contributed by atoms with Crippen LogP contribution >= 0.6 is 0 Å². The van der Waals surface area contributed by atoms with Crippen molar-refractivity contribution < 1.29 is 9.59 Å². The maximum atomic E-state index is 12.7. The molecule has 0 radical (unpaired) electrons. The van der Waals surface area contributed by atoms with Gasteiger partial charge in [0.1, 0.15) is 5.82 Å². The van der Waals surface area contributed by atoms with Crippen LogP contribution in [0.2, 0.25) is 0 Å². The number of aromatic nitrogens is 2. The van der Waals surface area contributed by atoms with Gasteiger partial charge in [-0.3, -0.25) is 9.59 Å². The van der Waals surface area contributed by atoms with Gasteiger partial charge < -0.3 is 20.5 Å². The van der Waals surface area contributed by atoms with Gasteiger partial charge in [-0.05, 0) is 30.9 Å². The number of carbonyl (C=O) groups excluding carboxylic acids is 2. The third-order valence-corrected chi connectivity index (χ3v) is 5.13. The highest BCUT2D eigenvalue weighted by Crippen LogP contribution is 2.32. The van der Waals surface area contributed by atoms with Crippen molar-refractivity contribution in [2.45, 2.75) is 38.8 Å². The van der Waals surface area contributed by atoms with Gasteiger partial charge in [-0.1, -0.05) is 26.0 Å². The summed E-state index contributed by atoms with van der Waals surface area (Å²) in [6.07, 6.45) is 1.81. The zero-order chi connectivity index (χ0) is 18.8. The van der Waals surface area contributed by atoms with Crippen molar-refractivity contribution in [2.24, 2.45) is 18.7 Å². The molecule has 2 aromatic rings. The zero-order valence-electron chi connectivity index (χ0n) is 15.6. The van der Waals surface area contributed by atoms with Crippen molar-refractivity contribution in [3.8, 4) is 0 Å². The van der Waals surface area contributed by atoms with Crippen molar-refractivity contribution in [1.29, 1.82) is 0 Å². The fraction of sp³-hybridized carbons (Fsp3) is 0.526. The lowest BCUT2D eigenvalue weighted by atomic mass is 10.1. The van der Waals surface area contributed by atoms with Crippen LogP contribution < -0.4 is 11.1 Å². The Labute approximate surface area is 153 Å². The summed E-state index contributed by atoms with van der Waals surface area (Å²) in [5.41, 5.74) is 7.82. The molecule has 0 spiro atoms. The van der Waals surface area contributed by atoms with E-state index >= 15 is 0 Å². The van der Waals surface area contributed by atoms with E-state index in [0.717, 1.165) is 29.7 Å². The van der Waals surface area contributed by atoms with Gasteiger partial charge in [-0.15, -0.1) is 0 Å². The van der Waals surface area contributed by atoms with Crippen LogP contribution in [0.1, 0.15) is 38.6 Å². The van der Waals surface area contributed by atoms with Gasteiger partial charge >= 0.3 is 0 Å². The van der Waals surface area contributed by atoms with Crippen molar-refractivity contribution in [1.82, 2.24) is 19.8 Å². The highest BCUT2D eigenvalue weighted by Gasteiger charge is 2.33. The van der Waals surface area contributed by atoms with Gasteiger partial charge in [-0.2, -0.15) is 0 Å². The molecule has 26 heavy (non-hydrogen) atoms. The average Bonchev–Trinajstić information content (AvgIpc) is 3.23. The molecule has 3 N–H and O–H groups in total. The van der Waals surface area contributed by atoms with E-state index in [1.54, 1.807) is 0 Å². The van der Waals surface area contributed by atoms with E-state index < -0.39 is 6.04 Å². The summed E-state index contributed by atoms with van der Waals surface area (Å²) in [5, 5.41) is 2.67. The van der Waals surface area contributed by atoms with Crippen LogP contribution in [0.4, 0.5) is 0 Å². The highest BCUT2D eigenvalue weighted by atomic mass is 16.2. The number of amides is 2. The summed E-state index contributed by atoms with van der Waals surface area (Å²) in [5.74, 6) is 0.544. The molecule has 0 bridgehead atoms. The van der Waals surface area contributed by atoms with E-state index in [9.17, 15) is 9.59 Å². The van der Waals surface area contributed by atoms with Crippen LogP contribution in [-0.4, -0.2) is 45.4 Å². The standard InChI is InChI=1S/C19H27N5O2/c1-12(2)17(20)19(26)21-11-16(25)24-10-6-9-15(24)18-22-13-7-4-5-8-14(13)23(18)3/h4-5,7-8,12,15,17H,6,9-11,20H2,1-3H3,(H,21,26)/t15?,17-/m0/s1. The Morgan fingerprint density at radius 1 is 1.35 bits per heavy atom. The molecule has 1 saturated heterocycles. The number of nitrogens with zero attached hydrogens (tertiary/aromatic N) is 3. The Balaban J connectivity index is 1.72. The Bertz CT molecular complexity index is 813. The molecule has 7 heteroatoms. The number of fused-ring (bicyclic) bond motifs is 1. The van der Waals surface area contributed by atoms with Crippen LogP contribution in [0.3, 0.4) is 0 Å². The molecule has 1 fully saturated rings. The molecule has 2 amide bonds. The van der Waals surface area contributed by atoms with E-state index in [2.05, 4.69) is 9.88 Å². The number of aryl methyl sites for hydroxylation is 1. The Kier molecular flexibility index (Phi) is 5.27. The molecule has 1 aliphatic heterocycles. The SMILES string of the molecule is CC(C)[C@H](N)C(=O)NCC(=O)N1CCCC1c1nc2ccccc2n1C. The molecule has 7 nitrogen and oxygen atoms in total. The fourth-order valence-corrected chi connectivity index (χ4v) is 3.48. The first kappa shape index (κ1) is 18.4. The van der Waals surface area contributed by atoms with Crippen LogP contribution in [-0.2, 0) is 16.6 Å². The number of nitrogens with one attached hydrogen (secondary N) is 1. The second kappa shape index (κ2) is 7.45. The second-order valence-electron chi connectivity index (χ2n) is 7.25. The molecule has 2 heterocycles. The number of hydrogen-bond acceptors (Lipinski definition) is 4. The molecule has 1 aromatic carbocycles. The Hall–Kier alpha value is -2.41. The van der Waals surface area contributed by atoms with Crippen LogP contribution in [0.5, 0.6) is 0 Å². The fourth-order valence-electron chi connectivity index (χ4n) is 3.48. The van der Waals surface area contributed by atoms with E-state index in [4.69, 9.17) is 10.7 Å². The quantitative estimate of drug-likeness (QED) is 0.844. The molecule has 3 rings (SSSR count). The van der Waals surface area contributed by atoms with Crippen molar-refractivity contribution in [2.75, 3.05) is 13.1 Å². The number of imidazole rings is 1. The minimum Gasteiger partial charge on any atom is -0.346 e. The number of likely N-dealkylation sites (tertiary alicyclic amines) is 1. The predicted octanol–water partition coefficient (Wildman–Crippen LogP) is 1.34. The van der Waals surface area contributed by atoms with E-state index in [1.807, 2.05) is 50.1 Å². The van der Waals surface area contributed by atoms with E-state index in [-0.39, 0.29) is 30.3 Å². The second-order valence-corrected chi connectivity index (χ2v) is 7.25. The number of hydrogen-bond donors (Lipinski definition) is 2. The monoisotopic (exact) mass is 357 g/mol. The van der Waals surface area contributed by atoms with Gasteiger partial charge in [0.05, 0.1) is 29.7 Å². The predicted molar refractivity (Wildman–Crippen MR) is 100 cm³/mol. The molecular weight excluding hydrogens is 330 g/mol. The summed E-state index contributed by atoms with van der Waals surface area (Å²) in [4.78, 5) is 31.2. The van der Waals surface area contributed by atoms with Gasteiger partial charge in [-0.25, -0.2) is 4.98 Å². The number of rotatable bonds is 5. The first-order chi connectivity index (χ1) is 12.4. The molecule has 1 aliphatic rings. The smallest absolute Gasteiger partial charge is 0.242 e. The van der Waals surface area contributed by atoms with Gasteiger partial charge in [0.25, 0.3) is 0 Å². The zero-order valence-corrected chi connectivity index (χ0v) is 15.6. The number of benzene rings is 1. The lowest BCUT2D eigenvalue weighted by Gasteiger charge is -2.25. The summed E-state index contributed by atoms with van der Waals surface area (Å²) >= 11 is 0. The van der Waals surface area contributed by atoms with E-state index in [1.165, 1.54) is 0 Å². The van der Waals surface area contributed by atoms with Crippen LogP contribution in [0.15, 0.2) is 24.3 Å². The molecule has 1 unspecified atom stereocenters. The Morgan fingerprint density at radius 3 is 2.77 bits per heavy atom. The van der Waals surface area contributed by atoms with Gasteiger partial charge in [0.15, 0.2) is 0 Å². The minimum absolute atomic E-state index is 0.0281. The molecule has 2 atom stereocenters. The lowest BCUT2D eigenvalue weighted by molar-refractivity contribution is -0.134. The maximum Gasteiger partial charge on any atom is 0.242 e. The Morgan fingerprint density at radius 2 is 2.08 bits per heavy atom. The third kappa shape index (κ3) is 3.44. The normalized spacial score (nSPS) is 18.5. The van der Waals surface area contributed by atoms with E-state index in [0.29, 0.717) is 6.54 Å². The van der Waals surface area contributed by atoms with Crippen LogP contribution in [0.25, 0.3) is 11.0 Å². The molecular formula is C19H27N5O2. The van der Waals surface area contributed by atoms with Crippen molar-refractivity contribution >= 4 is 22.8 Å².